The Morgan fingerprint density at radius 2 is 2.26 bits per heavy atom. The van der Waals surface area contributed by atoms with E-state index in [9.17, 15) is 4.79 Å². The number of pyridine rings is 2. The molecule has 1 N–H and O–H groups in total. The van der Waals surface area contributed by atoms with Crippen LogP contribution in [0.25, 0.3) is 32.3 Å². The van der Waals surface area contributed by atoms with Gasteiger partial charge in [0.1, 0.15) is 21.3 Å². The maximum Gasteiger partial charge on any atom is 0.261 e. The van der Waals surface area contributed by atoms with Crippen LogP contribution >= 0.6 is 11.3 Å². The van der Waals surface area contributed by atoms with Crippen LogP contribution < -0.4 is 5.56 Å². The van der Waals surface area contributed by atoms with Gasteiger partial charge in [-0.3, -0.25) is 9.78 Å². The van der Waals surface area contributed by atoms with Crippen LogP contribution in [-0.4, -0.2) is 19.6 Å². The van der Waals surface area contributed by atoms with Crippen molar-refractivity contribution in [2.45, 2.75) is 13.8 Å². The summed E-state index contributed by atoms with van der Waals surface area (Å²) >= 11 is 1.53. The summed E-state index contributed by atoms with van der Waals surface area (Å²) in [6, 6.07) is 1.91. The molecule has 4 aromatic rings. The average molecular weight is 322 g/mol. The molecule has 0 saturated heterocycles. The van der Waals surface area contributed by atoms with Crippen molar-refractivity contribution < 1.29 is 0 Å². The van der Waals surface area contributed by atoms with E-state index in [1.54, 1.807) is 16.8 Å². The maximum atomic E-state index is 12.5. The van der Waals surface area contributed by atoms with Gasteiger partial charge in [-0.25, -0.2) is 4.52 Å². The van der Waals surface area contributed by atoms with Crippen LogP contribution in [0.5, 0.6) is 0 Å². The number of hydrogen-bond donors (Lipinski definition) is 1. The number of nitrogens with one attached hydrogen (secondary N) is 1. The van der Waals surface area contributed by atoms with Crippen molar-refractivity contribution in [1.82, 2.24) is 19.6 Å². The van der Waals surface area contributed by atoms with Crippen molar-refractivity contribution in [1.29, 1.82) is 0 Å². The number of hydrogen-bond acceptors (Lipinski definition) is 4. The Labute approximate surface area is 135 Å². The minimum atomic E-state index is -0.135. The molecule has 0 radical (unpaired) electrons. The molecule has 0 saturated carbocycles. The molecule has 0 aromatic carbocycles. The van der Waals surface area contributed by atoms with Gasteiger partial charge in [-0.05, 0) is 31.1 Å². The lowest BCUT2D eigenvalue weighted by molar-refractivity contribution is 0.999. The van der Waals surface area contributed by atoms with Gasteiger partial charge in [-0.15, -0.1) is 11.3 Å². The molecule has 5 nitrogen and oxygen atoms in total. The Morgan fingerprint density at radius 1 is 1.43 bits per heavy atom. The third kappa shape index (κ3) is 1.95. The third-order valence-electron chi connectivity index (χ3n) is 3.85. The molecule has 114 valence electrons. The van der Waals surface area contributed by atoms with Crippen molar-refractivity contribution in [2.75, 3.05) is 0 Å². The van der Waals surface area contributed by atoms with E-state index in [2.05, 4.69) is 21.6 Å². The fourth-order valence-corrected chi connectivity index (χ4v) is 3.91. The summed E-state index contributed by atoms with van der Waals surface area (Å²) in [5.74, 6) is 0. The molecule has 0 fully saturated rings. The molecule has 0 bridgehead atoms. The summed E-state index contributed by atoms with van der Waals surface area (Å²) in [6.45, 7) is 7.73. The first-order chi connectivity index (χ1) is 11.1. The number of nitrogens with zero attached hydrogens (tertiary/aromatic N) is 3. The zero-order valence-corrected chi connectivity index (χ0v) is 13.6. The molecule has 4 rings (SSSR count). The standard InChI is InChI=1S/C17H14N4OS/c1-4-10(5-2)12-8-21-17(23-12)13-15(20-21)14-11(19-16(13)22)6-9(3)7-18-14/h4-8H,1H2,2-3H3,(H,19,22)/b10-5+. The van der Waals surface area contributed by atoms with Crippen molar-refractivity contribution in [3.8, 4) is 0 Å². The zero-order valence-electron chi connectivity index (χ0n) is 12.8. The van der Waals surface area contributed by atoms with E-state index in [1.807, 2.05) is 32.2 Å². The monoisotopic (exact) mass is 322 g/mol. The summed E-state index contributed by atoms with van der Waals surface area (Å²) in [6.07, 6.45) is 7.51. The normalized spacial score (nSPS) is 12.5. The van der Waals surface area contributed by atoms with Crippen molar-refractivity contribution in [3.63, 3.8) is 0 Å². The molecule has 0 amide bonds. The number of allylic oxidation sites excluding steroid dienone is 3. The second-order valence-electron chi connectivity index (χ2n) is 5.38. The summed E-state index contributed by atoms with van der Waals surface area (Å²) in [5.41, 5.74) is 3.97. The first-order valence-electron chi connectivity index (χ1n) is 7.22. The Balaban J connectivity index is 2.13. The van der Waals surface area contributed by atoms with E-state index in [0.717, 1.165) is 26.4 Å². The first kappa shape index (κ1) is 13.9. The van der Waals surface area contributed by atoms with Crippen LogP contribution in [0, 0.1) is 6.92 Å². The molecular weight excluding hydrogens is 308 g/mol. The smallest absolute Gasteiger partial charge is 0.261 e. The van der Waals surface area contributed by atoms with Gasteiger partial charge in [0.25, 0.3) is 5.56 Å². The summed E-state index contributed by atoms with van der Waals surface area (Å²) in [7, 11) is 0. The van der Waals surface area contributed by atoms with Crippen molar-refractivity contribution in [2.24, 2.45) is 0 Å². The molecule has 0 spiro atoms. The second kappa shape index (κ2) is 4.89. The predicted octanol–water partition coefficient (Wildman–Crippen LogP) is 3.68. The molecule has 4 heterocycles. The molecule has 23 heavy (non-hydrogen) atoms. The van der Waals surface area contributed by atoms with E-state index in [1.165, 1.54) is 11.3 Å². The van der Waals surface area contributed by atoms with Gasteiger partial charge in [0.05, 0.1) is 10.4 Å². The highest BCUT2D eigenvalue weighted by molar-refractivity contribution is 7.19. The van der Waals surface area contributed by atoms with Gasteiger partial charge in [0, 0.05) is 12.4 Å². The van der Waals surface area contributed by atoms with Crippen LogP contribution in [0.4, 0.5) is 0 Å². The Bertz CT molecular complexity index is 1180. The highest BCUT2D eigenvalue weighted by atomic mass is 32.1. The largest absolute Gasteiger partial charge is 0.320 e. The van der Waals surface area contributed by atoms with E-state index in [4.69, 9.17) is 0 Å². The molecule has 0 aliphatic heterocycles. The third-order valence-corrected chi connectivity index (χ3v) is 5.00. The highest BCUT2D eigenvalue weighted by Crippen LogP contribution is 2.31. The number of aryl methyl sites for hydroxylation is 1. The lowest BCUT2D eigenvalue weighted by Crippen LogP contribution is -2.06. The van der Waals surface area contributed by atoms with Gasteiger partial charge in [-0.2, -0.15) is 5.10 Å². The summed E-state index contributed by atoms with van der Waals surface area (Å²) < 4.78 is 1.76. The van der Waals surface area contributed by atoms with Gasteiger partial charge in [0.2, 0.25) is 0 Å². The lowest BCUT2D eigenvalue weighted by Gasteiger charge is -1.99. The maximum absolute atomic E-state index is 12.5. The molecule has 0 unspecified atom stereocenters. The zero-order chi connectivity index (χ0) is 16.1. The summed E-state index contributed by atoms with van der Waals surface area (Å²) in [5, 5.41) is 5.18. The molecule has 4 aromatic heterocycles. The first-order valence-corrected chi connectivity index (χ1v) is 8.03. The number of aromatic amines is 1. The number of rotatable bonds is 2. The lowest BCUT2D eigenvalue weighted by atomic mass is 10.2. The van der Waals surface area contributed by atoms with Crippen LogP contribution in [0.2, 0.25) is 0 Å². The molecule has 0 aliphatic rings. The van der Waals surface area contributed by atoms with E-state index >= 15 is 0 Å². The fraction of sp³-hybridized carbons (Fsp3) is 0.118. The topological polar surface area (TPSA) is 63.1 Å². The number of thiazole rings is 1. The molecule has 0 atom stereocenters. The van der Waals surface area contributed by atoms with Crippen LogP contribution in [0.15, 0.2) is 42.0 Å². The van der Waals surface area contributed by atoms with E-state index in [0.29, 0.717) is 16.4 Å². The van der Waals surface area contributed by atoms with E-state index < -0.39 is 0 Å². The van der Waals surface area contributed by atoms with Gasteiger partial charge >= 0.3 is 0 Å². The van der Waals surface area contributed by atoms with Crippen LogP contribution in [-0.2, 0) is 0 Å². The van der Waals surface area contributed by atoms with E-state index in [-0.39, 0.29) is 5.56 Å². The van der Waals surface area contributed by atoms with Gasteiger partial charge in [-0.1, -0.05) is 18.7 Å². The summed E-state index contributed by atoms with van der Waals surface area (Å²) in [4.78, 5) is 21.7. The Kier molecular flexibility index (Phi) is 2.96. The Hall–Kier alpha value is -2.73. The second-order valence-corrected chi connectivity index (χ2v) is 6.41. The number of H-pyrrole nitrogens is 1. The number of fused-ring (bicyclic) bond motifs is 5. The minimum absolute atomic E-state index is 0.135. The van der Waals surface area contributed by atoms with Crippen LogP contribution in [0.1, 0.15) is 17.4 Å². The molecule has 6 heteroatoms. The number of aromatic nitrogens is 4. The van der Waals surface area contributed by atoms with Gasteiger partial charge in [0.15, 0.2) is 0 Å². The molecular formula is C17H14N4OS. The Morgan fingerprint density at radius 3 is 3.00 bits per heavy atom. The van der Waals surface area contributed by atoms with Crippen molar-refractivity contribution in [3.05, 3.63) is 58.0 Å². The average Bonchev–Trinajstić information content (AvgIpc) is 3.06. The van der Waals surface area contributed by atoms with Crippen molar-refractivity contribution >= 4 is 43.7 Å². The molecule has 0 aliphatic carbocycles. The van der Waals surface area contributed by atoms with Gasteiger partial charge < -0.3 is 4.98 Å². The quantitative estimate of drug-likeness (QED) is 0.573. The minimum Gasteiger partial charge on any atom is -0.320 e. The predicted molar refractivity (Wildman–Crippen MR) is 95.1 cm³/mol. The fourth-order valence-electron chi connectivity index (χ4n) is 2.75. The highest BCUT2D eigenvalue weighted by Gasteiger charge is 2.17. The van der Waals surface area contributed by atoms with Crippen LogP contribution in [0.3, 0.4) is 0 Å². The SMILES string of the molecule is C=C/C(=C\C)c1cn2nc3c4ncc(C)cc4[nH]c(=O)c3c2s1.